The number of aliphatic hydroxyl groups excluding tert-OH is 1. The van der Waals surface area contributed by atoms with Crippen molar-refractivity contribution in [2.24, 2.45) is 22.2 Å². The summed E-state index contributed by atoms with van der Waals surface area (Å²) < 4.78 is 5.24. The molecule has 0 bridgehead atoms. The van der Waals surface area contributed by atoms with Crippen molar-refractivity contribution in [3.8, 4) is 0 Å². The van der Waals surface area contributed by atoms with Crippen LogP contribution in [0.5, 0.6) is 0 Å². The van der Waals surface area contributed by atoms with Gasteiger partial charge >= 0.3 is 0 Å². The highest BCUT2D eigenvalue weighted by Gasteiger charge is 2.38. The van der Waals surface area contributed by atoms with Crippen LogP contribution in [0.25, 0.3) is 0 Å². The molecule has 2 aliphatic rings. The molecule has 1 saturated carbocycles. The first-order chi connectivity index (χ1) is 10.6. The molecule has 0 amide bonds. The highest BCUT2D eigenvalue weighted by Crippen LogP contribution is 2.30. The molecule has 6 heteroatoms. The summed E-state index contributed by atoms with van der Waals surface area (Å²) in [4.78, 5) is 4.68. The lowest BCUT2D eigenvalue weighted by atomic mass is 9.80. The maximum atomic E-state index is 9.49. The lowest BCUT2D eigenvalue weighted by Gasteiger charge is -2.38. The molecule has 1 saturated heterocycles. The number of rotatable bonds is 6. The van der Waals surface area contributed by atoms with E-state index in [9.17, 15) is 5.11 Å². The smallest absolute Gasteiger partial charge is 0.191 e. The SMILES string of the molecule is CCNC(=NCC1(CO)COC1)NC1CCC(C(C)C)CC1.I. The van der Waals surface area contributed by atoms with Gasteiger partial charge in [0.05, 0.1) is 31.8 Å². The summed E-state index contributed by atoms with van der Waals surface area (Å²) >= 11 is 0. The van der Waals surface area contributed by atoms with Crippen LogP contribution in [0.4, 0.5) is 0 Å². The highest BCUT2D eigenvalue weighted by atomic mass is 127. The lowest BCUT2D eigenvalue weighted by molar-refractivity contribution is -0.130. The van der Waals surface area contributed by atoms with Gasteiger partial charge in [-0.2, -0.15) is 0 Å². The van der Waals surface area contributed by atoms with Crippen LogP contribution < -0.4 is 10.6 Å². The van der Waals surface area contributed by atoms with Crippen molar-refractivity contribution in [1.29, 1.82) is 0 Å². The Kier molecular flexibility index (Phi) is 9.15. The van der Waals surface area contributed by atoms with Gasteiger partial charge in [0.2, 0.25) is 0 Å². The van der Waals surface area contributed by atoms with Crippen molar-refractivity contribution in [2.45, 2.75) is 52.5 Å². The van der Waals surface area contributed by atoms with Crippen molar-refractivity contribution < 1.29 is 9.84 Å². The summed E-state index contributed by atoms with van der Waals surface area (Å²) in [6, 6.07) is 0.524. The van der Waals surface area contributed by atoms with E-state index in [1.807, 2.05) is 0 Å². The van der Waals surface area contributed by atoms with Gasteiger partial charge < -0.3 is 20.5 Å². The Labute approximate surface area is 158 Å². The second kappa shape index (κ2) is 10.0. The summed E-state index contributed by atoms with van der Waals surface area (Å²) in [7, 11) is 0. The molecule has 5 nitrogen and oxygen atoms in total. The van der Waals surface area contributed by atoms with E-state index in [-0.39, 0.29) is 36.0 Å². The number of nitrogens with one attached hydrogen (secondary N) is 2. The van der Waals surface area contributed by atoms with Crippen LogP contribution in [0, 0.1) is 17.3 Å². The van der Waals surface area contributed by atoms with Gasteiger partial charge in [-0.3, -0.25) is 4.99 Å². The lowest BCUT2D eigenvalue weighted by Crippen LogP contribution is -2.50. The minimum atomic E-state index is -0.155. The van der Waals surface area contributed by atoms with E-state index in [0.29, 0.717) is 25.8 Å². The summed E-state index contributed by atoms with van der Waals surface area (Å²) in [5, 5.41) is 16.4. The minimum absolute atomic E-state index is 0. The second-order valence-electron chi connectivity index (χ2n) is 7.35. The average Bonchev–Trinajstić information content (AvgIpc) is 2.47. The van der Waals surface area contributed by atoms with Crippen molar-refractivity contribution in [1.82, 2.24) is 10.6 Å². The standard InChI is InChI=1S/C17H33N3O2.HI/c1-4-18-16(19-9-17(10-21)11-22-12-17)20-15-7-5-14(6-8-15)13(2)3;/h13-15,21H,4-12H2,1-3H3,(H2,18,19,20);1H. The van der Waals surface area contributed by atoms with Crippen molar-refractivity contribution in [3.63, 3.8) is 0 Å². The summed E-state index contributed by atoms with van der Waals surface area (Å²) in [5.74, 6) is 2.56. The molecule has 0 aromatic heterocycles. The van der Waals surface area contributed by atoms with Gasteiger partial charge in [-0.1, -0.05) is 13.8 Å². The molecule has 136 valence electrons. The first-order valence-corrected chi connectivity index (χ1v) is 8.82. The highest BCUT2D eigenvalue weighted by molar-refractivity contribution is 14.0. The molecule has 1 aliphatic carbocycles. The first-order valence-electron chi connectivity index (χ1n) is 8.82. The van der Waals surface area contributed by atoms with Gasteiger partial charge in [0, 0.05) is 12.6 Å². The fourth-order valence-electron chi connectivity index (χ4n) is 3.31. The molecular weight excluding hydrogens is 405 g/mol. The van der Waals surface area contributed by atoms with E-state index < -0.39 is 0 Å². The minimum Gasteiger partial charge on any atom is -0.396 e. The number of guanidine groups is 1. The van der Waals surface area contributed by atoms with Crippen LogP contribution in [0.2, 0.25) is 0 Å². The summed E-state index contributed by atoms with van der Waals surface area (Å²) in [5.41, 5.74) is -0.155. The van der Waals surface area contributed by atoms with Gasteiger partial charge in [0.25, 0.3) is 0 Å². The van der Waals surface area contributed by atoms with Crippen molar-refractivity contribution >= 4 is 29.9 Å². The number of nitrogens with zero attached hydrogens (tertiary/aromatic N) is 1. The zero-order valence-electron chi connectivity index (χ0n) is 14.8. The number of hydrogen-bond acceptors (Lipinski definition) is 3. The molecular formula is C17H34IN3O2. The molecule has 0 spiro atoms. The van der Waals surface area contributed by atoms with E-state index in [1.165, 1.54) is 25.7 Å². The molecule has 1 heterocycles. The molecule has 2 rings (SSSR count). The van der Waals surface area contributed by atoms with E-state index >= 15 is 0 Å². The number of halogens is 1. The van der Waals surface area contributed by atoms with Crippen molar-refractivity contribution in [3.05, 3.63) is 0 Å². The van der Waals surface area contributed by atoms with Crippen LogP contribution in [-0.4, -0.2) is 50.0 Å². The quantitative estimate of drug-likeness (QED) is 0.338. The Morgan fingerprint density at radius 1 is 1.26 bits per heavy atom. The van der Waals surface area contributed by atoms with Crippen LogP contribution in [0.1, 0.15) is 46.5 Å². The maximum Gasteiger partial charge on any atom is 0.191 e. The Bertz CT molecular complexity index is 359. The predicted molar refractivity (Wildman–Crippen MR) is 105 cm³/mol. The van der Waals surface area contributed by atoms with Crippen LogP contribution >= 0.6 is 24.0 Å². The monoisotopic (exact) mass is 439 g/mol. The number of aliphatic hydroxyl groups is 1. The molecule has 0 atom stereocenters. The van der Waals surface area contributed by atoms with Crippen LogP contribution in [0.15, 0.2) is 4.99 Å². The zero-order chi connectivity index (χ0) is 16.0. The predicted octanol–water partition coefficient (Wildman–Crippen LogP) is 2.38. The first kappa shape index (κ1) is 21.0. The Balaban J connectivity index is 0.00000264. The van der Waals surface area contributed by atoms with Gasteiger partial charge in [-0.25, -0.2) is 0 Å². The number of ether oxygens (including phenoxy) is 1. The molecule has 3 N–H and O–H groups in total. The normalized spacial score (nSPS) is 27.1. The Hall–Kier alpha value is -0.0800. The largest absolute Gasteiger partial charge is 0.396 e. The van der Waals surface area contributed by atoms with E-state index in [0.717, 1.165) is 24.3 Å². The Morgan fingerprint density at radius 2 is 1.91 bits per heavy atom. The molecule has 23 heavy (non-hydrogen) atoms. The average molecular weight is 439 g/mol. The molecule has 2 fully saturated rings. The Morgan fingerprint density at radius 3 is 2.35 bits per heavy atom. The van der Waals surface area contributed by atoms with E-state index in [4.69, 9.17) is 4.74 Å². The fraction of sp³-hybridized carbons (Fsp3) is 0.941. The second-order valence-corrected chi connectivity index (χ2v) is 7.35. The molecule has 0 aromatic carbocycles. The molecule has 0 unspecified atom stereocenters. The third-order valence-corrected chi connectivity index (χ3v) is 5.12. The third-order valence-electron chi connectivity index (χ3n) is 5.12. The van der Waals surface area contributed by atoms with Gasteiger partial charge in [0.15, 0.2) is 5.96 Å². The number of aliphatic imine (C=N–C) groups is 1. The van der Waals surface area contributed by atoms with Gasteiger partial charge in [-0.05, 0) is 44.4 Å². The topological polar surface area (TPSA) is 65.9 Å². The number of hydrogen-bond donors (Lipinski definition) is 3. The van der Waals surface area contributed by atoms with Crippen molar-refractivity contribution in [2.75, 3.05) is 32.9 Å². The van der Waals surface area contributed by atoms with Crippen LogP contribution in [0.3, 0.4) is 0 Å². The van der Waals surface area contributed by atoms with E-state index in [1.54, 1.807) is 0 Å². The maximum absolute atomic E-state index is 9.49. The van der Waals surface area contributed by atoms with E-state index in [2.05, 4.69) is 36.4 Å². The zero-order valence-corrected chi connectivity index (χ0v) is 17.1. The van der Waals surface area contributed by atoms with Gasteiger partial charge in [0.1, 0.15) is 0 Å². The summed E-state index contributed by atoms with van der Waals surface area (Å²) in [6.45, 7) is 9.61. The molecule has 0 aromatic rings. The molecule has 0 radical (unpaired) electrons. The fourth-order valence-corrected chi connectivity index (χ4v) is 3.31. The summed E-state index contributed by atoms with van der Waals surface area (Å²) in [6.07, 6.45) is 5.06. The van der Waals surface area contributed by atoms with Gasteiger partial charge in [-0.15, -0.1) is 24.0 Å². The molecule has 1 aliphatic heterocycles. The third kappa shape index (κ3) is 6.05. The van der Waals surface area contributed by atoms with Crippen LogP contribution in [-0.2, 0) is 4.74 Å².